The zero-order valence-electron chi connectivity index (χ0n) is 10.4. The van der Waals surface area contributed by atoms with Crippen LogP contribution in [0.1, 0.15) is 18.9 Å². The normalized spacial score (nSPS) is 11.6. The highest BCUT2D eigenvalue weighted by atomic mass is 16.5. The number of aryl methyl sites for hydroxylation is 1. The number of ether oxygens (including phenoxy) is 1. The summed E-state index contributed by atoms with van der Waals surface area (Å²) >= 11 is 0. The summed E-state index contributed by atoms with van der Waals surface area (Å²) in [6.45, 7) is 7.93. The van der Waals surface area contributed by atoms with Crippen LogP contribution in [0.3, 0.4) is 0 Å². The van der Waals surface area contributed by atoms with E-state index in [0.717, 1.165) is 17.7 Å². The molecule has 0 aliphatic heterocycles. The monoisotopic (exact) mass is 233 g/mol. The van der Waals surface area contributed by atoms with Crippen molar-refractivity contribution in [1.29, 1.82) is 0 Å². The molecule has 1 amide bonds. The smallest absolute Gasteiger partial charge is 0.260 e. The van der Waals surface area contributed by atoms with E-state index in [0.29, 0.717) is 6.54 Å². The predicted octanol–water partition coefficient (Wildman–Crippen LogP) is 2.45. The van der Waals surface area contributed by atoms with E-state index in [1.807, 2.05) is 31.2 Å². The van der Waals surface area contributed by atoms with Crippen LogP contribution in [-0.4, -0.2) is 18.6 Å². The summed E-state index contributed by atoms with van der Waals surface area (Å²) in [6.07, 6.45) is 2.05. The van der Waals surface area contributed by atoms with Gasteiger partial charge in [-0.05, 0) is 38.0 Å². The van der Waals surface area contributed by atoms with E-state index in [1.54, 1.807) is 13.0 Å². The fourth-order valence-electron chi connectivity index (χ4n) is 1.39. The number of amides is 1. The molecule has 0 radical (unpaired) electrons. The molecule has 1 aromatic carbocycles. The van der Waals surface area contributed by atoms with E-state index in [2.05, 4.69) is 11.9 Å². The minimum absolute atomic E-state index is 0.103. The summed E-state index contributed by atoms with van der Waals surface area (Å²) in [6, 6.07) is 7.66. The van der Waals surface area contributed by atoms with Gasteiger partial charge < -0.3 is 10.1 Å². The lowest BCUT2D eigenvalue weighted by Crippen LogP contribution is -2.36. The average molecular weight is 233 g/mol. The van der Waals surface area contributed by atoms with Gasteiger partial charge >= 0.3 is 0 Å². The summed E-state index contributed by atoms with van der Waals surface area (Å²) in [4.78, 5) is 11.6. The molecule has 1 unspecified atom stereocenters. The number of hydrogen-bond acceptors (Lipinski definition) is 2. The van der Waals surface area contributed by atoms with Gasteiger partial charge in [0.25, 0.3) is 5.91 Å². The molecule has 0 heterocycles. The highest BCUT2D eigenvalue weighted by Crippen LogP contribution is 2.14. The fraction of sp³-hybridized carbons (Fsp3) is 0.357. The van der Waals surface area contributed by atoms with E-state index in [1.165, 1.54) is 0 Å². The number of carbonyl (C=O) groups is 1. The third kappa shape index (κ3) is 4.72. The van der Waals surface area contributed by atoms with Crippen LogP contribution in [-0.2, 0) is 4.79 Å². The van der Waals surface area contributed by atoms with Crippen LogP contribution in [0, 0.1) is 6.92 Å². The van der Waals surface area contributed by atoms with Gasteiger partial charge in [-0.15, -0.1) is 6.58 Å². The molecular weight excluding hydrogens is 214 g/mol. The van der Waals surface area contributed by atoms with Crippen LogP contribution in [0.4, 0.5) is 0 Å². The molecule has 0 fully saturated rings. The quantitative estimate of drug-likeness (QED) is 0.605. The first-order valence-corrected chi connectivity index (χ1v) is 5.75. The number of rotatable bonds is 6. The van der Waals surface area contributed by atoms with Gasteiger partial charge in [-0.3, -0.25) is 4.79 Å². The molecule has 0 aliphatic carbocycles. The van der Waals surface area contributed by atoms with E-state index in [4.69, 9.17) is 4.74 Å². The van der Waals surface area contributed by atoms with E-state index >= 15 is 0 Å². The van der Waals surface area contributed by atoms with Crippen molar-refractivity contribution in [3.63, 3.8) is 0 Å². The van der Waals surface area contributed by atoms with Crippen molar-refractivity contribution in [2.45, 2.75) is 26.4 Å². The van der Waals surface area contributed by atoms with Gasteiger partial charge in [-0.25, -0.2) is 0 Å². The Bertz CT molecular complexity index is 388. The lowest BCUT2D eigenvalue weighted by Gasteiger charge is -2.14. The first-order chi connectivity index (χ1) is 8.13. The number of benzene rings is 1. The number of hydrogen-bond donors (Lipinski definition) is 1. The molecule has 0 saturated carbocycles. The first-order valence-electron chi connectivity index (χ1n) is 5.75. The van der Waals surface area contributed by atoms with Gasteiger partial charge in [0.05, 0.1) is 0 Å². The van der Waals surface area contributed by atoms with Crippen molar-refractivity contribution < 1.29 is 9.53 Å². The maximum atomic E-state index is 11.6. The molecule has 1 N–H and O–H groups in total. The molecule has 17 heavy (non-hydrogen) atoms. The van der Waals surface area contributed by atoms with Crippen LogP contribution >= 0.6 is 0 Å². The maximum Gasteiger partial charge on any atom is 0.260 e. The Hall–Kier alpha value is -1.77. The van der Waals surface area contributed by atoms with E-state index < -0.39 is 6.10 Å². The Labute approximate surface area is 102 Å². The molecule has 3 nitrogen and oxygen atoms in total. The third-order valence-corrected chi connectivity index (χ3v) is 2.32. The Balaban J connectivity index is 2.45. The van der Waals surface area contributed by atoms with Gasteiger partial charge in [0, 0.05) is 6.54 Å². The van der Waals surface area contributed by atoms with Crippen LogP contribution in [0.2, 0.25) is 0 Å². The van der Waals surface area contributed by atoms with Crippen molar-refractivity contribution in [1.82, 2.24) is 5.32 Å². The van der Waals surface area contributed by atoms with Crippen molar-refractivity contribution in [2.75, 3.05) is 6.54 Å². The molecule has 1 aromatic rings. The largest absolute Gasteiger partial charge is 0.481 e. The SMILES string of the molecule is C=CCCNC(=O)C(C)Oc1cccc(C)c1. The fourth-order valence-corrected chi connectivity index (χ4v) is 1.39. The van der Waals surface area contributed by atoms with E-state index in [9.17, 15) is 4.79 Å². The molecule has 0 aromatic heterocycles. The van der Waals surface area contributed by atoms with Gasteiger partial charge in [0.15, 0.2) is 6.10 Å². The third-order valence-electron chi connectivity index (χ3n) is 2.32. The Morgan fingerprint density at radius 1 is 1.59 bits per heavy atom. The van der Waals surface area contributed by atoms with Crippen LogP contribution in [0.15, 0.2) is 36.9 Å². The molecule has 3 heteroatoms. The second kappa shape index (κ2) is 6.74. The molecular formula is C14H19NO2. The summed E-state index contributed by atoms with van der Waals surface area (Å²) in [5, 5.41) is 2.78. The molecule has 0 spiro atoms. The van der Waals surface area contributed by atoms with Crippen LogP contribution in [0.25, 0.3) is 0 Å². The highest BCUT2D eigenvalue weighted by molar-refractivity contribution is 5.80. The first kappa shape index (κ1) is 13.3. The van der Waals surface area contributed by atoms with Crippen LogP contribution < -0.4 is 10.1 Å². The molecule has 0 aliphatic rings. The summed E-state index contributed by atoms with van der Waals surface area (Å²) in [7, 11) is 0. The van der Waals surface area contributed by atoms with Gasteiger partial charge in [0.1, 0.15) is 5.75 Å². The Morgan fingerprint density at radius 3 is 3.00 bits per heavy atom. The topological polar surface area (TPSA) is 38.3 Å². The number of carbonyl (C=O) groups excluding carboxylic acids is 1. The maximum absolute atomic E-state index is 11.6. The lowest BCUT2D eigenvalue weighted by atomic mass is 10.2. The van der Waals surface area contributed by atoms with Gasteiger partial charge in [-0.2, -0.15) is 0 Å². The zero-order valence-corrected chi connectivity index (χ0v) is 10.4. The molecule has 0 saturated heterocycles. The summed E-state index contributed by atoms with van der Waals surface area (Å²) < 4.78 is 5.55. The predicted molar refractivity (Wildman–Crippen MR) is 69.1 cm³/mol. The minimum atomic E-state index is -0.485. The molecule has 0 bridgehead atoms. The lowest BCUT2D eigenvalue weighted by molar-refractivity contribution is -0.127. The van der Waals surface area contributed by atoms with Crippen molar-refractivity contribution in [3.05, 3.63) is 42.5 Å². The minimum Gasteiger partial charge on any atom is -0.481 e. The van der Waals surface area contributed by atoms with Gasteiger partial charge in [-0.1, -0.05) is 18.2 Å². The Kier molecular flexibility index (Phi) is 5.27. The average Bonchev–Trinajstić information content (AvgIpc) is 2.29. The molecule has 1 atom stereocenters. The molecule has 1 rings (SSSR count). The zero-order chi connectivity index (χ0) is 12.7. The molecule has 92 valence electrons. The highest BCUT2D eigenvalue weighted by Gasteiger charge is 2.13. The second-order valence-electron chi connectivity index (χ2n) is 3.94. The standard InChI is InChI=1S/C14H19NO2/c1-4-5-9-15-14(16)12(3)17-13-8-6-7-11(2)10-13/h4,6-8,10,12H,1,5,9H2,2-3H3,(H,15,16). The Morgan fingerprint density at radius 2 is 2.35 bits per heavy atom. The summed E-state index contributed by atoms with van der Waals surface area (Å²) in [5.41, 5.74) is 1.11. The van der Waals surface area contributed by atoms with Gasteiger partial charge in [0.2, 0.25) is 0 Å². The summed E-state index contributed by atoms with van der Waals surface area (Å²) in [5.74, 6) is 0.615. The second-order valence-corrected chi connectivity index (χ2v) is 3.94. The van der Waals surface area contributed by atoms with Crippen molar-refractivity contribution in [2.24, 2.45) is 0 Å². The number of nitrogens with one attached hydrogen (secondary N) is 1. The van der Waals surface area contributed by atoms with Crippen molar-refractivity contribution in [3.8, 4) is 5.75 Å². The van der Waals surface area contributed by atoms with Crippen LogP contribution in [0.5, 0.6) is 5.75 Å². The van der Waals surface area contributed by atoms with E-state index in [-0.39, 0.29) is 5.91 Å². The van der Waals surface area contributed by atoms with Crippen molar-refractivity contribution >= 4 is 5.91 Å².